The van der Waals surface area contributed by atoms with Crippen LogP contribution in [-0.4, -0.2) is 31.2 Å². The standard InChI is InChI=1S/C28H42N3S.HI/c1-5-9-17-30(18-10-6-2)23-13-15-25-27(21-23)32-28-22-24(14-16-26(28)29-25)31(19-11-7-3)20-12-8-4;/h13-16,21-22H,5-12,17-20H2,1-4H3;1H/q+1;/p-1. The van der Waals surface area contributed by atoms with Crippen molar-refractivity contribution in [3.8, 4) is 10.6 Å². The molecule has 1 heterocycles. The lowest BCUT2D eigenvalue weighted by Gasteiger charge is -2.25. The number of anilines is 1. The zero-order valence-corrected chi connectivity index (χ0v) is 24.1. The Bertz CT molecular complexity index is 995. The minimum atomic E-state index is 0. The molecule has 0 unspecified atom stereocenters. The molecular formula is C28H42IN3S. The van der Waals surface area contributed by atoms with Crippen LogP contribution in [0.2, 0.25) is 0 Å². The summed E-state index contributed by atoms with van der Waals surface area (Å²) in [5.41, 5.74) is 3.57. The Morgan fingerprint density at radius 3 is 2.03 bits per heavy atom. The maximum absolute atomic E-state index is 5.00. The molecule has 3 rings (SSSR count). The molecule has 0 N–H and O–H groups in total. The van der Waals surface area contributed by atoms with E-state index in [1.165, 1.54) is 72.0 Å². The molecule has 3 nitrogen and oxygen atoms in total. The topological polar surface area (TPSA) is 19.1 Å². The largest absolute Gasteiger partial charge is 1.00 e. The van der Waals surface area contributed by atoms with Crippen LogP contribution in [-0.2, 0) is 0 Å². The highest BCUT2D eigenvalue weighted by atomic mass is 127. The molecule has 0 atom stereocenters. The van der Waals surface area contributed by atoms with Gasteiger partial charge in [-0.1, -0.05) is 53.4 Å². The first-order chi connectivity index (χ1) is 15.7. The fourth-order valence-corrected chi connectivity index (χ4v) is 5.16. The molecule has 0 spiro atoms. The van der Waals surface area contributed by atoms with E-state index in [1.807, 2.05) is 11.3 Å². The maximum Gasteiger partial charge on any atom is 0.201 e. The van der Waals surface area contributed by atoms with Crippen molar-refractivity contribution in [3.05, 3.63) is 41.8 Å². The monoisotopic (exact) mass is 579 g/mol. The minimum absolute atomic E-state index is 0. The Hall–Kier alpha value is -1.21. The fraction of sp³-hybridized carbons (Fsp3) is 0.571. The molecule has 182 valence electrons. The van der Waals surface area contributed by atoms with Gasteiger partial charge in [0.25, 0.3) is 0 Å². The zero-order chi connectivity index (χ0) is 22.8. The van der Waals surface area contributed by atoms with Gasteiger partial charge in [0.2, 0.25) is 5.36 Å². The molecule has 2 aliphatic rings. The first-order valence-electron chi connectivity index (χ1n) is 12.9. The van der Waals surface area contributed by atoms with Crippen LogP contribution in [0.3, 0.4) is 0 Å². The van der Waals surface area contributed by atoms with Crippen molar-refractivity contribution in [3.63, 3.8) is 0 Å². The van der Waals surface area contributed by atoms with Gasteiger partial charge < -0.3 is 28.9 Å². The molecule has 1 aliphatic heterocycles. The minimum Gasteiger partial charge on any atom is -1.00 e. The predicted molar refractivity (Wildman–Crippen MR) is 143 cm³/mol. The Balaban J connectivity index is 0.00000385. The molecule has 0 bridgehead atoms. The maximum atomic E-state index is 5.00. The molecular weight excluding hydrogens is 537 g/mol. The van der Waals surface area contributed by atoms with E-state index < -0.39 is 0 Å². The first-order valence-corrected chi connectivity index (χ1v) is 13.7. The molecule has 33 heavy (non-hydrogen) atoms. The van der Waals surface area contributed by atoms with Gasteiger partial charge in [-0.25, -0.2) is 9.56 Å². The van der Waals surface area contributed by atoms with Gasteiger partial charge >= 0.3 is 0 Å². The van der Waals surface area contributed by atoms with Crippen LogP contribution in [0.1, 0.15) is 79.1 Å². The molecule has 1 aromatic carbocycles. The molecule has 0 radical (unpaired) electrons. The summed E-state index contributed by atoms with van der Waals surface area (Å²) in [6.07, 6.45) is 9.93. The number of aromatic nitrogens is 1. The second-order valence-corrected chi connectivity index (χ2v) is 9.99. The van der Waals surface area contributed by atoms with Crippen molar-refractivity contribution in [1.29, 1.82) is 0 Å². The molecule has 0 fully saturated rings. The molecule has 0 amide bonds. The Labute approximate surface area is 222 Å². The van der Waals surface area contributed by atoms with Crippen molar-refractivity contribution in [1.82, 2.24) is 9.56 Å². The van der Waals surface area contributed by atoms with Crippen LogP contribution < -0.4 is 38.8 Å². The highest BCUT2D eigenvalue weighted by molar-refractivity contribution is 7.21. The number of halogens is 1. The van der Waals surface area contributed by atoms with Crippen LogP contribution >= 0.6 is 11.3 Å². The van der Waals surface area contributed by atoms with Gasteiger partial charge in [-0.05, 0) is 37.1 Å². The third-order valence-corrected chi connectivity index (χ3v) is 7.30. The summed E-state index contributed by atoms with van der Waals surface area (Å²) in [7, 11) is 0. The van der Waals surface area contributed by atoms with E-state index in [9.17, 15) is 0 Å². The number of fused-ring (bicyclic) bond motifs is 2. The second kappa shape index (κ2) is 14.9. The fourth-order valence-electron chi connectivity index (χ4n) is 4.13. The second-order valence-electron chi connectivity index (χ2n) is 8.91. The van der Waals surface area contributed by atoms with E-state index in [-0.39, 0.29) is 24.0 Å². The Morgan fingerprint density at radius 1 is 0.788 bits per heavy atom. The number of hydrogen-bond donors (Lipinski definition) is 0. The summed E-state index contributed by atoms with van der Waals surface area (Å²) < 4.78 is 3.86. The summed E-state index contributed by atoms with van der Waals surface area (Å²) in [4.78, 5) is 8.86. The van der Waals surface area contributed by atoms with E-state index in [2.05, 4.69) is 73.6 Å². The summed E-state index contributed by atoms with van der Waals surface area (Å²) in [6, 6.07) is 13.7. The number of rotatable bonds is 13. The average Bonchev–Trinajstić information content (AvgIpc) is 2.82. The van der Waals surface area contributed by atoms with Crippen molar-refractivity contribution >= 4 is 27.2 Å². The zero-order valence-electron chi connectivity index (χ0n) is 21.1. The Kier molecular flexibility index (Phi) is 12.7. The highest BCUT2D eigenvalue weighted by Gasteiger charge is 2.13. The van der Waals surface area contributed by atoms with E-state index in [1.54, 1.807) is 0 Å². The number of unbranched alkanes of at least 4 members (excludes halogenated alkanes) is 4. The van der Waals surface area contributed by atoms with Crippen LogP contribution in [0.25, 0.3) is 20.8 Å². The SMILES string of the molecule is CCCCN(CCCC)c1ccc2nc3ccc(=[N+](CCCC)CCCC)cc-3sc2c1.[I-]. The van der Waals surface area contributed by atoms with Crippen LogP contribution in [0.5, 0.6) is 0 Å². The first kappa shape index (κ1) is 28.0. The number of nitrogens with zero attached hydrogens (tertiary/aromatic N) is 3. The predicted octanol–water partition coefficient (Wildman–Crippen LogP) is 4.18. The summed E-state index contributed by atoms with van der Waals surface area (Å²) >= 11 is 1.89. The van der Waals surface area contributed by atoms with Gasteiger partial charge in [0.05, 0.1) is 20.8 Å². The van der Waals surface area contributed by atoms with Gasteiger partial charge in [-0.2, -0.15) is 0 Å². The lowest BCUT2D eigenvalue weighted by molar-refractivity contribution is -0.00000675. The van der Waals surface area contributed by atoms with Crippen molar-refractivity contribution < 1.29 is 24.0 Å². The van der Waals surface area contributed by atoms with Gasteiger partial charge in [-0.15, -0.1) is 11.3 Å². The Morgan fingerprint density at radius 2 is 1.42 bits per heavy atom. The van der Waals surface area contributed by atoms with E-state index in [4.69, 9.17) is 4.98 Å². The quantitative estimate of drug-likeness (QED) is 0.172. The van der Waals surface area contributed by atoms with Gasteiger partial charge in [0.15, 0.2) is 0 Å². The lowest BCUT2D eigenvalue weighted by atomic mass is 10.2. The molecule has 5 heteroatoms. The lowest BCUT2D eigenvalue weighted by Crippen LogP contribution is -3.00. The number of benzene rings is 2. The molecule has 1 aliphatic carbocycles. The summed E-state index contributed by atoms with van der Waals surface area (Å²) in [5, 5.41) is 1.35. The van der Waals surface area contributed by atoms with E-state index in [0.717, 1.165) is 37.4 Å². The summed E-state index contributed by atoms with van der Waals surface area (Å²) in [6.45, 7) is 13.7. The molecule has 0 saturated heterocycles. The molecule has 1 aromatic rings. The average molecular weight is 580 g/mol. The van der Waals surface area contributed by atoms with Crippen LogP contribution in [0.15, 0.2) is 36.4 Å². The highest BCUT2D eigenvalue weighted by Crippen LogP contribution is 2.32. The third kappa shape index (κ3) is 7.91. The van der Waals surface area contributed by atoms with Crippen LogP contribution in [0, 0.1) is 0 Å². The molecule has 0 saturated carbocycles. The van der Waals surface area contributed by atoms with E-state index in [0.29, 0.717) is 0 Å². The van der Waals surface area contributed by atoms with Crippen molar-refractivity contribution in [2.75, 3.05) is 31.1 Å². The normalized spacial score (nSPS) is 11.0. The summed E-state index contributed by atoms with van der Waals surface area (Å²) in [5.74, 6) is 0. The van der Waals surface area contributed by atoms with Gasteiger partial charge in [0, 0.05) is 43.8 Å². The molecule has 0 aromatic heterocycles. The van der Waals surface area contributed by atoms with Gasteiger partial charge in [0.1, 0.15) is 13.1 Å². The van der Waals surface area contributed by atoms with Crippen molar-refractivity contribution in [2.24, 2.45) is 0 Å². The number of hydrogen-bond acceptors (Lipinski definition) is 3. The van der Waals surface area contributed by atoms with Crippen LogP contribution in [0.4, 0.5) is 5.69 Å². The van der Waals surface area contributed by atoms with Gasteiger partial charge in [-0.3, -0.25) is 0 Å². The third-order valence-electron chi connectivity index (χ3n) is 6.20. The smallest absolute Gasteiger partial charge is 0.201 e. The van der Waals surface area contributed by atoms with E-state index >= 15 is 0 Å². The van der Waals surface area contributed by atoms with Crippen molar-refractivity contribution in [2.45, 2.75) is 79.1 Å².